The number of carbonyl (C=O) groups excluding carboxylic acids is 1. The number of hydrogen-bond donors (Lipinski definition) is 3. The summed E-state index contributed by atoms with van der Waals surface area (Å²) in [6, 6.07) is 6.87. The first-order chi connectivity index (χ1) is 13.5. The summed E-state index contributed by atoms with van der Waals surface area (Å²) in [5, 5.41) is 12.4. The fourth-order valence-corrected chi connectivity index (χ4v) is 3.10. The number of benzene rings is 1. The Balaban J connectivity index is 1.76. The summed E-state index contributed by atoms with van der Waals surface area (Å²) in [5.74, 6) is 0.663. The maximum Gasteiger partial charge on any atom is 0.410 e. The minimum atomic E-state index is -0.375. The van der Waals surface area contributed by atoms with Gasteiger partial charge in [0.15, 0.2) is 0 Å². The minimum Gasteiger partial charge on any atom is -0.445 e. The molecule has 1 amide bonds. The Morgan fingerprint density at radius 3 is 2.89 bits per heavy atom. The molecule has 28 heavy (non-hydrogen) atoms. The van der Waals surface area contributed by atoms with Crippen LogP contribution in [0.15, 0.2) is 43.2 Å². The average molecular weight is 401 g/mol. The van der Waals surface area contributed by atoms with Crippen LogP contribution >= 0.6 is 11.6 Å². The molecule has 9 heteroatoms. The molecule has 2 heterocycles. The maximum atomic E-state index is 12.0. The standard InChI is InChI=1S/C19H21ClN6O2/c1-2-9-28-19(27)26-8-7-14(10-26)25-18-15(17(22)23-11-24-18)16(21)12-3-5-13(20)6-4-12/h2-6,11,14,21H,1,7-10H2,(H3,22,23,24,25). The van der Waals surface area contributed by atoms with Gasteiger partial charge in [0.1, 0.15) is 24.6 Å². The quantitative estimate of drug-likeness (QED) is 0.507. The van der Waals surface area contributed by atoms with Gasteiger partial charge in [-0.3, -0.25) is 5.41 Å². The number of ether oxygens (including phenoxy) is 1. The van der Waals surface area contributed by atoms with E-state index >= 15 is 0 Å². The monoisotopic (exact) mass is 400 g/mol. The number of rotatable bonds is 6. The van der Waals surface area contributed by atoms with Crippen molar-refractivity contribution in [1.29, 1.82) is 5.41 Å². The number of carbonyl (C=O) groups is 1. The first-order valence-corrected chi connectivity index (χ1v) is 9.12. The van der Waals surface area contributed by atoms with Crippen LogP contribution in [0, 0.1) is 5.41 Å². The van der Waals surface area contributed by atoms with E-state index in [-0.39, 0.29) is 30.3 Å². The van der Waals surface area contributed by atoms with Crippen LogP contribution in [-0.2, 0) is 4.74 Å². The largest absolute Gasteiger partial charge is 0.445 e. The summed E-state index contributed by atoms with van der Waals surface area (Å²) >= 11 is 5.93. The van der Waals surface area contributed by atoms with E-state index in [2.05, 4.69) is 21.9 Å². The molecule has 0 spiro atoms. The van der Waals surface area contributed by atoms with Crippen LogP contribution in [0.3, 0.4) is 0 Å². The van der Waals surface area contributed by atoms with E-state index < -0.39 is 0 Å². The summed E-state index contributed by atoms with van der Waals surface area (Å²) < 4.78 is 5.07. The second-order valence-corrected chi connectivity index (χ2v) is 6.74. The highest BCUT2D eigenvalue weighted by atomic mass is 35.5. The molecule has 1 aromatic carbocycles. The summed E-state index contributed by atoms with van der Waals surface area (Å²) in [6.45, 7) is 4.75. The number of aromatic nitrogens is 2. The molecule has 8 nitrogen and oxygen atoms in total. The van der Waals surface area contributed by atoms with Gasteiger partial charge in [0.05, 0.1) is 11.3 Å². The van der Waals surface area contributed by atoms with E-state index in [9.17, 15) is 4.79 Å². The zero-order chi connectivity index (χ0) is 20.1. The van der Waals surface area contributed by atoms with E-state index in [4.69, 9.17) is 27.5 Å². The second kappa shape index (κ2) is 8.71. The van der Waals surface area contributed by atoms with Crippen LogP contribution in [0.2, 0.25) is 5.02 Å². The number of likely N-dealkylation sites (tertiary alicyclic amines) is 1. The lowest BCUT2D eigenvalue weighted by molar-refractivity contribution is 0.121. The summed E-state index contributed by atoms with van der Waals surface area (Å²) in [6.07, 6.45) is 3.23. The summed E-state index contributed by atoms with van der Waals surface area (Å²) in [7, 11) is 0. The van der Waals surface area contributed by atoms with Gasteiger partial charge in [-0.1, -0.05) is 36.4 Å². The lowest BCUT2D eigenvalue weighted by Crippen LogP contribution is -2.32. The number of nitrogens with two attached hydrogens (primary N) is 1. The third-order valence-corrected chi connectivity index (χ3v) is 4.62. The highest BCUT2D eigenvalue weighted by Crippen LogP contribution is 2.24. The highest BCUT2D eigenvalue weighted by molar-refractivity contribution is 6.30. The van der Waals surface area contributed by atoms with Gasteiger partial charge < -0.3 is 20.7 Å². The third-order valence-electron chi connectivity index (χ3n) is 4.37. The van der Waals surface area contributed by atoms with Crippen LogP contribution in [-0.4, -0.2) is 52.4 Å². The van der Waals surface area contributed by atoms with Crippen molar-refractivity contribution in [2.75, 3.05) is 30.7 Å². The van der Waals surface area contributed by atoms with Gasteiger partial charge >= 0.3 is 6.09 Å². The van der Waals surface area contributed by atoms with Crippen molar-refractivity contribution < 1.29 is 9.53 Å². The van der Waals surface area contributed by atoms with E-state index in [1.54, 1.807) is 29.2 Å². The Hall–Kier alpha value is -3.13. The first kappa shape index (κ1) is 19.6. The van der Waals surface area contributed by atoms with Crippen LogP contribution in [0.1, 0.15) is 17.5 Å². The van der Waals surface area contributed by atoms with E-state index in [0.29, 0.717) is 35.1 Å². The topological polar surface area (TPSA) is 117 Å². The number of nitrogens with one attached hydrogen (secondary N) is 2. The number of hydrogen-bond acceptors (Lipinski definition) is 7. The molecule has 1 fully saturated rings. The van der Waals surface area contributed by atoms with Gasteiger partial charge in [0.25, 0.3) is 0 Å². The Bertz CT molecular complexity index is 886. The number of halogens is 1. The molecule has 3 rings (SSSR count). The van der Waals surface area contributed by atoms with Crippen LogP contribution in [0.25, 0.3) is 0 Å². The Labute approximate surface area is 167 Å². The molecule has 4 N–H and O–H groups in total. The number of nitrogen functional groups attached to an aromatic ring is 1. The van der Waals surface area contributed by atoms with Crippen LogP contribution < -0.4 is 11.1 Å². The van der Waals surface area contributed by atoms with Gasteiger partial charge in [-0.15, -0.1) is 0 Å². The van der Waals surface area contributed by atoms with Gasteiger partial charge in [0, 0.05) is 29.7 Å². The predicted molar refractivity (Wildman–Crippen MR) is 109 cm³/mol. The molecule has 1 aliphatic rings. The molecule has 146 valence electrons. The SMILES string of the molecule is C=CCOC(=O)N1CCC(Nc2ncnc(N)c2C(=N)c2ccc(Cl)cc2)C1. The van der Waals surface area contributed by atoms with Crippen LogP contribution in [0.4, 0.5) is 16.4 Å². The molecule has 2 aromatic rings. The van der Waals surface area contributed by atoms with Crippen molar-refractivity contribution in [2.24, 2.45) is 0 Å². The van der Waals surface area contributed by atoms with Crippen molar-refractivity contribution in [3.05, 3.63) is 59.4 Å². The van der Waals surface area contributed by atoms with Crippen molar-refractivity contribution in [2.45, 2.75) is 12.5 Å². The molecule has 1 atom stereocenters. The van der Waals surface area contributed by atoms with Gasteiger partial charge in [-0.05, 0) is 18.6 Å². The van der Waals surface area contributed by atoms with E-state index in [1.165, 1.54) is 12.4 Å². The molecule has 1 saturated heterocycles. The molecule has 0 aliphatic carbocycles. The normalized spacial score (nSPS) is 15.9. The fraction of sp³-hybridized carbons (Fsp3) is 0.263. The second-order valence-electron chi connectivity index (χ2n) is 6.31. The zero-order valence-electron chi connectivity index (χ0n) is 15.2. The van der Waals surface area contributed by atoms with Crippen molar-refractivity contribution >= 4 is 35.0 Å². The molecular weight excluding hydrogens is 380 g/mol. The minimum absolute atomic E-state index is 0.0395. The molecule has 1 aliphatic heterocycles. The lowest BCUT2D eigenvalue weighted by Gasteiger charge is -2.19. The molecular formula is C19H21ClN6O2. The highest BCUT2D eigenvalue weighted by Gasteiger charge is 2.28. The fourth-order valence-electron chi connectivity index (χ4n) is 2.97. The molecule has 0 bridgehead atoms. The van der Waals surface area contributed by atoms with Crippen LogP contribution in [0.5, 0.6) is 0 Å². The summed E-state index contributed by atoms with van der Waals surface area (Å²) in [4.78, 5) is 21.9. The number of nitrogens with zero attached hydrogens (tertiary/aromatic N) is 3. The molecule has 0 saturated carbocycles. The Kier molecular flexibility index (Phi) is 6.10. The molecule has 0 radical (unpaired) electrons. The maximum absolute atomic E-state index is 12.0. The van der Waals surface area contributed by atoms with Crippen molar-refractivity contribution in [1.82, 2.24) is 14.9 Å². The summed E-state index contributed by atoms with van der Waals surface area (Å²) in [5.41, 5.74) is 7.30. The van der Waals surface area contributed by atoms with E-state index in [0.717, 1.165) is 6.42 Å². The lowest BCUT2D eigenvalue weighted by atomic mass is 10.0. The van der Waals surface area contributed by atoms with E-state index in [1.807, 2.05) is 0 Å². The molecule has 1 aromatic heterocycles. The third kappa shape index (κ3) is 4.40. The van der Waals surface area contributed by atoms with Crippen molar-refractivity contribution in [3.8, 4) is 0 Å². The van der Waals surface area contributed by atoms with Crippen molar-refractivity contribution in [3.63, 3.8) is 0 Å². The zero-order valence-corrected chi connectivity index (χ0v) is 15.9. The van der Waals surface area contributed by atoms with Gasteiger partial charge in [0.2, 0.25) is 0 Å². The first-order valence-electron chi connectivity index (χ1n) is 8.74. The number of amides is 1. The molecule has 1 unspecified atom stereocenters. The average Bonchev–Trinajstić information content (AvgIpc) is 3.15. The smallest absolute Gasteiger partial charge is 0.410 e. The Morgan fingerprint density at radius 2 is 2.18 bits per heavy atom. The van der Waals surface area contributed by atoms with Gasteiger partial charge in [-0.25, -0.2) is 14.8 Å². The van der Waals surface area contributed by atoms with Gasteiger partial charge in [-0.2, -0.15) is 0 Å². The number of anilines is 2. The Morgan fingerprint density at radius 1 is 1.43 bits per heavy atom. The predicted octanol–water partition coefficient (Wildman–Crippen LogP) is 2.94.